The Kier molecular flexibility index (Phi) is 6.02. The number of ether oxygens (including phenoxy) is 2. The van der Waals surface area contributed by atoms with Gasteiger partial charge in [0, 0.05) is 0 Å². The van der Waals surface area contributed by atoms with Crippen molar-refractivity contribution in [2.24, 2.45) is 5.92 Å². The molecule has 0 heterocycles. The Labute approximate surface area is 148 Å². The summed E-state index contributed by atoms with van der Waals surface area (Å²) in [6.07, 6.45) is 1.85. The highest BCUT2D eigenvalue weighted by Gasteiger charge is 2.43. The number of rotatable bonds is 8. The van der Waals surface area contributed by atoms with Crippen LogP contribution in [-0.4, -0.2) is 30.6 Å². The van der Waals surface area contributed by atoms with Crippen molar-refractivity contribution in [3.05, 3.63) is 29.8 Å². The molecule has 1 aromatic rings. The number of benzene rings is 1. The summed E-state index contributed by atoms with van der Waals surface area (Å²) in [6, 6.07) is 9.60. The zero-order chi connectivity index (χ0) is 18.4. The van der Waals surface area contributed by atoms with Crippen LogP contribution in [-0.2, 0) is 14.3 Å². The first-order chi connectivity index (χ1) is 11.8. The van der Waals surface area contributed by atoms with Gasteiger partial charge in [-0.1, -0.05) is 26.0 Å². The molecule has 0 aromatic heterocycles. The quantitative estimate of drug-likeness (QED) is 0.732. The fourth-order valence-corrected chi connectivity index (χ4v) is 2.49. The van der Waals surface area contributed by atoms with Crippen LogP contribution in [0.4, 0.5) is 0 Å². The van der Waals surface area contributed by atoms with Gasteiger partial charge in [-0.15, -0.1) is 0 Å². The molecule has 6 heteroatoms. The summed E-state index contributed by atoms with van der Waals surface area (Å²) in [7, 11) is 0. The number of carbonyl (C=O) groups excluding carboxylic acids is 2. The lowest BCUT2D eigenvalue weighted by atomic mass is 9.98. The zero-order valence-electron chi connectivity index (χ0n) is 14.9. The smallest absolute Gasteiger partial charge is 0.344 e. The van der Waals surface area contributed by atoms with Crippen LogP contribution in [0.1, 0.15) is 45.1 Å². The number of esters is 1. The van der Waals surface area contributed by atoms with Gasteiger partial charge in [-0.25, -0.2) is 4.79 Å². The Morgan fingerprint density at radius 3 is 2.44 bits per heavy atom. The molecule has 134 valence electrons. The second-order valence-electron chi connectivity index (χ2n) is 6.81. The maximum atomic E-state index is 11.8. The summed E-state index contributed by atoms with van der Waals surface area (Å²) in [6.45, 7) is 5.19. The van der Waals surface area contributed by atoms with E-state index in [0.29, 0.717) is 11.7 Å². The Bertz CT molecular complexity index is 659. The minimum atomic E-state index is -0.891. The second-order valence-corrected chi connectivity index (χ2v) is 6.81. The van der Waals surface area contributed by atoms with E-state index in [0.717, 1.165) is 12.8 Å². The van der Waals surface area contributed by atoms with Crippen LogP contribution >= 0.6 is 0 Å². The number of hydrogen-bond acceptors (Lipinski definition) is 5. The number of nitrogens with zero attached hydrogens (tertiary/aromatic N) is 1. The van der Waals surface area contributed by atoms with Gasteiger partial charge in [0.1, 0.15) is 11.3 Å². The first-order valence-corrected chi connectivity index (χ1v) is 8.44. The van der Waals surface area contributed by atoms with Gasteiger partial charge in [-0.2, -0.15) is 5.26 Å². The standard InChI is InChI=1S/C19H24N2O4/c1-13(2)14-4-8-16(9-5-14)24-11-18(23)25-10-17(22)21-19(3,12-20)15-6-7-15/h4-5,8-9,13,15H,6-7,10-11H2,1-3H3,(H,21,22)/t19-/m0/s1. The molecule has 1 amide bonds. The number of nitrogens with one attached hydrogen (secondary N) is 1. The van der Waals surface area contributed by atoms with Gasteiger partial charge in [-0.05, 0) is 49.3 Å². The number of amides is 1. The lowest BCUT2D eigenvalue weighted by Gasteiger charge is -2.22. The maximum absolute atomic E-state index is 11.8. The molecule has 25 heavy (non-hydrogen) atoms. The first kappa shape index (κ1) is 18.8. The van der Waals surface area contributed by atoms with Crippen LogP contribution in [0.5, 0.6) is 5.75 Å². The number of hydrogen-bond donors (Lipinski definition) is 1. The average molecular weight is 344 g/mol. The van der Waals surface area contributed by atoms with Crippen LogP contribution in [0.2, 0.25) is 0 Å². The predicted octanol–water partition coefficient (Wildman–Crippen LogP) is 2.54. The molecule has 1 aromatic carbocycles. The summed E-state index contributed by atoms with van der Waals surface area (Å²) in [5.74, 6) is 0.0527. The lowest BCUT2D eigenvalue weighted by molar-refractivity contribution is -0.150. The molecular formula is C19H24N2O4. The van der Waals surface area contributed by atoms with Crippen molar-refractivity contribution < 1.29 is 19.1 Å². The van der Waals surface area contributed by atoms with E-state index in [9.17, 15) is 14.9 Å². The van der Waals surface area contributed by atoms with E-state index in [1.54, 1.807) is 19.1 Å². The van der Waals surface area contributed by atoms with E-state index in [1.165, 1.54) is 5.56 Å². The molecule has 1 fully saturated rings. The molecule has 1 N–H and O–H groups in total. The highest BCUT2D eigenvalue weighted by molar-refractivity contribution is 5.81. The summed E-state index contributed by atoms with van der Waals surface area (Å²) >= 11 is 0. The molecular weight excluding hydrogens is 320 g/mol. The lowest BCUT2D eigenvalue weighted by Crippen LogP contribution is -2.48. The molecule has 1 saturated carbocycles. The third kappa shape index (κ3) is 5.49. The van der Waals surface area contributed by atoms with Gasteiger partial charge in [-0.3, -0.25) is 4.79 Å². The summed E-state index contributed by atoms with van der Waals surface area (Å²) in [5.41, 5.74) is 0.292. The van der Waals surface area contributed by atoms with Crippen molar-refractivity contribution in [3.8, 4) is 11.8 Å². The summed E-state index contributed by atoms with van der Waals surface area (Å²) in [4.78, 5) is 23.5. The average Bonchev–Trinajstić information content (AvgIpc) is 3.44. The minimum absolute atomic E-state index is 0.175. The topological polar surface area (TPSA) is 88.4 Å². The summed E-state index contributed by atoms with van der Waals surface area (Å²) in [5, 5.41) is 11.8. The van der Waals surface area contributed by atoms with Crippen molar-refractivity contribution in [1.29, 1.82) is 5.26 Å². The van der Waals surface area contributed by atoms with Crippen LogP contribution in [0.15, 0.2) is 24.3 Å². The predicted molar refractivity (Wildman–Crippen MR) is 91.9 cm³/mol. The first-order valence-electron chi connectivity index (χ1n) is 8.44. The summed E-state index contributed by atoms with van der Waals surface area (Å²) < 4.78 is 10.2. The highest BCUT2D eigenvalue weighted by Crippen LogP contribution is 2.39. The van der Waals surface area contributed by atoms with Crippen LogP contribution in [0.3, 0.4) is 0 Å². The highest BCUT2D eigenvalue weighted by atomic mass is 16.6. The van der Waals surface area contributed by atoms with Gasteiger partial charge >= 0.3 is 5.97 Å². The number of nitriles is 1. The Morgan fingerprint density at radius 2 is 1.92 bits per heavy atom. The third-order valence-electron chi connectivity index (χ3n) is 4.29. The molecule has 1 aliphatic rings. The van der Waals surface area contributed by atoms with Gasteiger partial charge in [0.25, 0.3) is 5.91 Å². The molecule has 0 aliphatic heterocycles. The molecule has 2 rings (SSSR count). The fourth-order valence-electron chi connectivity index (χ4n) is 2.49. The van der Waals surface area contributed by atoms with E-state index >= 15 is 0 Å². The molecule has 1 aliphatic carbocycles. The Morgan fingerprint density at radius 1 is 1.28 bits per heavy atom. The van der Waals surface area contributed by atoms with Crippen molar-refractivity contribution in [2.45, 2.75) is 45.1 Å². The van der Waals surface area contributed by atoms with Crippen molar-refractivity contribution >= 4 is 11.9 Å². The van der Waals surface area contributed by atoms with Crippen LogP contribution in [0.25, 0.3) is 0 Å². The zero-order valence-corrected chi connectivity index (χ0v) is 14.9. The van der Waals surface area contributed by atoms with Gasteiger partial charge < -0.3 is 14.8 Å². The van der Waals surface area contributed by atoms with E-state index in [-0.39, 0.29) is 12.5 Å². The van der Waals surface area contributed by atoms with E-state index in [2.05, 4.69) is 25.2 Å². The monoisotopic (exact) mass is 344 g/mol. The normalized spacial score (nSPS) is 15.8. The van der Waals surface area contributed by atoms with Crippen molar-refractivity contribution in [3.63, 3.8) is 0 Å². The molecule has 0 spiro atoms. The third-order valence-corrected chi connectivity index (χ3v) is 4.29. The fraction of sp³-hybridized carbons (Fsp3) is 0.526. The molecule has 6 nitrogen and oxygen atoms in total. The molecule has 1 atom stereocenters. The number of carbonyl (C=O) groups is 2. The molecule has 0 unspecified atom stereocenters. The van der Waals surface area contributed by atoms with Crippen molar-refractivity contribution in [2.75, 3.05) is 13.2 Å². The Hall–Kier alpha value is -2.55. The van der Waals surface area contributed by atoms with Gasteiger partial charge in [0.15, 0.2) is 13.2 Å². The Balaban J connectivity index is 1.71. The molecule has 0 radical (unpaired) electrons. The van der Waals surface area contributed by atoms with Crippen molar-refractivity contribution in [1.82, 2.24) is 5.32 Å². The molecule has 0 bridgehead atoms. The SMILES string of the molecule is CC(C)c1ccc(OCC(=O)OCC(=O)N[C@@](C)(C#N)C2CC2)cc1. The second kappa shape index (κ2) is 8.02. The minimum Gasteiger partial charge on any atom is -0.482 e. The van der Waals surface area contributed by atoms with Crippen LogP contribution in [0, 0.1) is 17.2 Å². The van der Waals surface area contributed by atoms with Gasteiger partial charge in [0.05, 0.1) is 6.07 Å². The maximum Gasteiger partial charge on any atom is 0.344 e. The van der Waals surface area contributed by atoms with Gasteiger partial charge in [0.2, 0.25) is 0 Å². The van der Waals surface area contributed by atoms with E-state index in [1.807, 2.05) is 12.1 Å². The largest absolute Gasteiger partial charge is 0.482 e. The van der Waals surface area contributed by atoms with E-state index in [4.69, 9.17) is 9.47 Å². The molecule has 0 saturated heterocycles. The van der Waals surface area contributed by atoms with Crippen LogP contribution < -0.4 is 10.1 Å². The van der Waals surface area contributed by atoms with E-state index < -0.39 is 24.0 Å².